The fourth-order valence-electron chi connectivity index (χ4n) is 1.31. The van der Waals surface area contributed by atoms with Gasteiger partial charge in [-0.15, -0.1) is 0 Å². The maximum absolute atomic E-state index is 10.7. The number of carboxylic acids is 1. The van der Waals surface area contributed by atoms with Crippen molar-refractivity contribution in [2.45, 2.75) is 45.4 Å². The molecule has 1 unspecified atom stereocenters. The van der Waals surface area contributed by atoms with E-state index in [2.05, 4.69) is 6.92 Å². The van der Waals surface area contributed by atoms with Gasteiger partial charge in [0.1, 0.15) is 0 Å². The van der Waals surface area contributed by atoms with Gasteiger partial charge in [-0.1, -0.05) is 39.5 Å². The number of rotatable bonds is 7. The summed E-state index contributed by atoms with van der Waals surface area (Å²) in [6.45, 7) is 5.75. The van der Waals surface area contributed by atoms with Crippen LogP contribution in [0.15, 0.2) is 0 Å². The van der Waals surface area contributed by atoms with Gasteiger partial charge in [-0.25, -0.2) is 0 Å². The van der Waals surface area contributed by atoms with Crippen molar-refractivity contribution in [2.24, 2.45) is 5.92 Å². The molecule has 0 rings (SSSR count). The molecule has 0 aromatic heterocycles. The fraction of sp³-hybridized carbons (Fsp3) is 0.800. The Balaban J connectivity index is 3.56. The minimum Gasteiger partial charge on any atom is -0.481 e. The second-order valence-electron chi connectivity index (χ2n) is 3.17. The van der Waals surface area contributed by atoms with Gasteiger partial charge in [0.05, 0.1) is 5.92 Å². The molecule has 0 bridgehead atoms. The monoisotopic (exact) mass is 171 g/mol. The number of carboxylic acid groups (broad SMARTS) is 1. The van der Waals surface area contributed by atoms with Crippen molar-refractivity contribution in [1.29, 1.82) is 0 Å². The summed E-state index contributed by atoms with van der Waals surface area (Å²) in [5.74, 6) is -0.762. The summed E-state index contributed by atoms with van der Waals surface area (Å²) in [4.78, 5) is 10.7. The Morgan fingerprint density at radius 3 is 2.50 bits per heavy atom. The third-order valence-electron chi connectivity index (χ3n) is 2.04. The molecule has 1 radical (unpaired) electrons. The minimum atomic E-state index is -0.638. The van der Waals surface area contributed by atoms with Gasteiger partial charge in [0, 0.05) is 0 Å². The lowest BCUT2D eigenvalue weighted by Gasteiger charge is -2.09. The van der Waals surface area contributed by atoms with Gasteiger partial charge in [0.15, 0.2) is 0 Å². The molecule has 2 nitrogen and oxygen atoms in total. The van der Waals surface area contributed by atoms with E-state index in [1.165, 1.54) is 0 Å². The molecule has 0 saturated carbocycles. The zero-order valence-electron chi connectivity index (χ0n) is 7.88. The van der Waals surface area contributed by atoms with E-state index in [4.69, 9.17) is 5.11 Å². The van der Waals surface area contributed by atoms with Gasteiger partial charge in [-0.05, 0) is 12.8 Å². The molecule has 0 aliphatic heterocycles. The van der Waals surface area contributed by atoms with Crippen LogP contribution in [0.5, 0.6) is 0 Å². The molecule has 1 atom stereocenters. The predicted octanol–water partition coefficient (Wildman–Crippen LogP) is 2.88. The molecule has 0 heterocycles. The molecular weight excluding hydrogens is 152 g/mol. The molecule has 0 amide bonds. The Hall–Kier alpha value is -0.530. The lowest BCUT2D eigenvalue weighted by atomic mass is 9.97. The molecule has 0 aliphatic rings. The molecule has 0 saturated heterocycles. The average Bonchev–Trinajstić information content (AvgIpc) is 2.03. The Morgan fingerprint density at radius 1 is 1.42 bits per heavy atom. The Kier molecular flexibility index (Phi) is 6.82. The smallest absolute Gasteiger partial charge is 0.306 e. The summed E-state index contributed by atoms with van der Waals surface area (Å²) in [6, 6.07) is 0. The molecule has 0 fully saturated rings. The first-order valence-electron chi connectivity index (χ1n) is 4.74. The average molecular weight is 171 g/mol. The molecule has 2 heteroatoms. The highest BCUT2D eigenvalue weighted by molar-refractivity contribution is 5.69. The van der Waals surface area contributed by atoms with Crippen molar-refractivity contribution in [3.8, 4) is 0 Å². The van der Waals surface area contributed by atoms with Crippen LogP contribution in [0.25, 0.3) is 0 Å². The van der Waals surface area contributed by atoms with Crippen molar-refractivity contribution in [3.05, 3.63) is 6.92 Å². The predicted molar refractivity (Wildman–Crippen MR) is 49.9 cm³/mol. The molecule has 12 heavy (non-hydrogen) atoms. The summed E-state index contributed by atoms with van der Waals surface area (Å²) >= 11 is 0. The van der Waals surface area contributed by atoms with Crippen molar-refractivity contribution in [2.75, 3.05) is 0 Å². The quantitative estimate of drug-likeness (QED) is 0.598. The first-order valence-corrected chi connectivity index (χ1v) is 4.74. The first kappa shape index (κ1) is 11.5. The van der Waals surface area contributed by atoms with Gasteiger partial charge in [0.25, 0.3) is 0 Å². The molecule has 71 valence electrons. The highest BCUT2D eigenvalue weighted by Crippen LogP contribution is 2.15. The zero-order valence-corrected chi connectivity index (χ0v) is 7.88. The SMILES string of the molecule is [CH2]CCCCC(CCC)C(=O)O. The Bertz CT molecular complexity index is 121. The summed E-state index contributed by atoms with van der Waals surface area (Å²) in [7, 11) is 0. The summed E-state index contributed by atoms with van der Waals surface area (Å²) < 4.78 is 0. The van der Waals surface area contributed by atoms with E-state index in [1.807, 2.05) is 6.92 Å². The van der Waals surface area contributed by atoms with Crippen molar-refractivity contribution in [1.82, 2.24) is 0 Å². The number of hydrogen-bond donors (Lipinski definition) is 1. The van der Waals surface area contributed by atoms with Crippen LogP contribution in [0.3, 0.4) is 0 Å². The van der Waals surface area contributed by atoms with Gasteiger partial charge < -0.3 is 5.11 Å². The number of unbranched alkanes of at least 4 members (excludes halogenated alkanes) is 2. The standard InChI is InChI=1S/C10H19O2/c1-3-5-6-8-9(7-4-2)10(11)12/h9H,1,3-8H2,2H3,(H,11,12). The lowest BCUT2D eigenvalue weighted by molar-refractivity contribution is -0.142. The second kappa shape index (κ2) is 7.14. The summed E-state index contributed by atoms with van der Waals surface area (Å²) in [5, 5.41) is 8.79. The maximum Gasteiger partial charge on any atom is 0.306 e. The van der Waals surface area contributed by atoms with Crippen LogP contribution < -0.4 is 0 Å². The van der Waals surface area contributed by atoms with E-state index in [0.717, 1.165) is 38.5 Å². The van der Waals surface area contributed by atoms with Crippen LogP contribution >= 0.6 is 0 Å². The summed E-state index contributed by atoms with van der Waals surface area (Å²) in [5.41, 5.74) is 0. The van der Waals surface area contributed by atoms with Crippen LogP contribution in [-0.2, 0) is 4.79 Å². The Morgan fingerprint density at radius 2 is 2.08 bits per heavy atom. The molecular formula is C10H19O2. The number of carbonyl (C=O) groups is 1. The molecule has 0 aromatic rings. The fourth-order valence-corrected chi connectivity index (χ4v) is 1.31. The largest absolute Gasteiger partial charge is 0.481 e. The van der Waals surface area contributed by atoms with Gasteiger partial charge in [0.2, 0.25) is 0 Å². The van der Waals surface area contributed by atoms with Gasteiger partial charge >= 0.3 is 5.97 Å². The van der Waals surface area contributed by atoms with Crippen molar-refractivity contribution < 1.29 is 9.90 Å². The molecule has 0 aromatic carbocycles. The van der Waals surface area contributed by atoms with Crippen LogP contribution in [-0.4, -0.2) is 11.1 Å². The highest BCUT2D eigenvalue weighted by Gasteiger charge is 2.14. The van der Waals surface area contributed by atoms with E-state index in [-0.39, 0.29) is 5.92 Å². The minimum absolute atomic E-state index is 0.124. The molecule has 0 aliphatic carbocycles. The third-order valence-corrected chi connectivity index (χ3v) is 2.04. The highest BCUT2D eigenvalue weighted by atomic mass is 16.4. The van der Waals surface area contributed by atoms with Crippen molar-refractivity contribution in [3.63, 3.8) is 0 Å². The van der Waals surface area contributed by atoms with Crippen LogP contribution in [0.4, 0.5) is 0 Å². The maximum atomic E-state index is 10.7. The van der Waals surface area contributed by atoms with Crippen LogP contribution in [0, 0.1) is 12.8 Å². The first-order chi connectivity index (χ1) is 5.72. The topological polar surface area (TPSA) is 37.3 Å². The van der Waals surface area contributed by atoms with E-state index in [1.54, 1.807) is 0 Å². The number of aliphatic carboxylic acids is 1. The van der Waals surface area contributed by atoms with E-state index < -0.39 is 5.97 Å². The second-order valence-corrected chi connectivity index (χ2v) is 3.17. The van der Waals surface area contributed by atoms with E-state index in [9.17, 15) is 4.79 Å². The Labute approximate surface area is 75.0 Å². The third kappa shape index (κ3) is 5.16. The van der Waals surface area contributed by atoms with Crippen LogP contribution in [0.1, 0.15) is 45.4 Å². The van der Waals surface area contributed by atoms with E-state index in [0.29, 0.717) is 0 Å². The summed E-state index contributed by atoms with van der Waals surface area (Å²) in [6.07, 6.45) is 5.55. The normalized spacial score (nSPS) is 12.8. The zero-order chi connectivity index (χ0) is 9.40. The molecule has 1 N–H and O–H groups in total. The van der Waals surface area contributed by atoms with Gasteiger partial charge in [-0.3, -0.25) is 4.79 Å². The number of hydrogen-bond acceptors (Lipinski definition) is 1. The molecule has 0 spiro atoms. The lowest BCUT2D eigenvalue weighted by Crippen LogP contribution is -2.13. The van der Waals surface area contributed by atoms with Crippen LogP contribution in [0.2, 0.25) is 0 Å². The van der Waals surface area contributed by atoms with Gasteiger partial charge in [-0.2, -0.15) is 0 Å². The van der Waals surface area contributed by atoms with E-state index >= 15 is 0 Å². The van der Waals surface area contributed by atoms with Crippen molar-refractivity contribution >= 4 is 5.97 Å².